The summed E-state index contributed by atoms with van der Waals surface area (Å²) >= 11 is 8.09. The molecule has 11 atom stereocenters. The Morgan fingerprint density at radius 2 is 1.36 bits per heavy atom. The number of carbonyl (C=O) groups is 6. The first-order valence-electron chi connectivity index (χ1n) is 25.3. The van der Waals surface area contributed by atoms with Crippen LogP contribution in [0.5, 0.6) is 0 Å². The number of carbonyl (C=O) groups excluding carboxylic acids is 6. The molecule has 0 bridgehead atoms. The molecule has 0 unspecified atom stereocenters. The average Bonchev–Trinajstić information content (AvgIpc) is 3.61. The molecule has 30 nitrogen and oxygen atoms in total. The first kappa shape index (κ1) is 59.6. The molecule has 444 valence electrons. The zero-order chi connectivity index (χ0) is 59.5. The number of rotatable bonds is 16. The van der Waals surface area contributed by atoms with Gasteiger partial charge in [-0.2, -0.15) is 0 Å². The van der Waals surface area contributed by atoms with E-state index in [2.05, 4.69) is 70.4 Å². The van der Waals surface area contributed by atoms with Crippen LogP contribution in [-0.2, 0) is 78.4 Å². The van der Waals surface area contributed by atoms with Gasteiger partial charge in [-0.25, -0.2) is 57.4 Å². The van der Waals surface area contributed by atoms with Crippen LogP contribution in [0.25, 0.3) is 22.3 Å². The van der Waals surface area contributed by atoms with Crippen molar-refractivity contribution in [3.05, 3.63) is 103 Å². The van der Waals surface area contributed by atoms with Gasteiger partial charge in [-0.1, -0.05) is 67.0 Å². The molecule has 0 radical (unpaired) electrons. The Bertz CT molecular complexity index is 3600. The minimum Gasteiger partial charge on any atom is -0.447 e. The standard InChI is InChI=1S/C48H50F2N14O16P2S2/c1-61(48(70)74-18-26-7-9-27(10-8-26)58-44(68)28(17-25-5-3-2-4-6-25)59-31(65)13-14-62-32(66)11-12-33(62)67)15-16-73-47(69)60-41-37-43(55-22-53-41)64(24-57-37)46-35(50)39-30(78-46)20-76-81(71,83)79-38-29(19-75-82(72,84)80-39)77-45(34(38)49)63-23-56-36-40(51)52-21-54-42(36)63/h2-12,21-24,28-30,34-35,38-39,45-46H,13-20H2,1H3,(H,58,68)(H,59,65)(H,71,83)(H,72,84)(H2,51,52,54)(H,53,55,60,69)/t28-,29-,30-,34-,35-,38-,39-,45-,46-,81-,82-/m1/s1. The van der Waals surface area contributed by atoms with Crippen LogP contribution >= 0.6 is 38.1 Å². The van der Waals surface area contributed by atoms with E-state index in [1.54, 1.807) is 48.5 Å². The zero-order valence-corrected chi connectivity index (χ0v) is 47.2. The Morgan fingerprint density at radius 3 is 1.98 bits per heavy atom. The van der Waals surface area contributed by atoms with Crippen LogP contribution in [0.1, 0.15) is 30.0 Å². The molecule has 6 amide bonds. The molecule has 8 heterocycles. The van der Waals surface area contributed by atoms with Crippen LogP contribution < -0.4 is 21.7 Å². The van der Waals surface area contributed by atoms with Gasteiger partial charge in [0.1, 0.15) is 61.8 Å². The van der Waals surface area contributed by atoms with Gasteiger partial charge in [0, 0.05) is 44.3 Å². The highest BCUT2D eigenvalue weighted by molar-refractivity contribution is 8.44. The number of ether oxygens (including phenoxy) is 4. The van der Waals surface area contributed by atoms with Crippen molar-refractivity contribution in [2.45, 2.75) is 74.7 Å². The van der Waals surface area contributed by atoms with Gasteiger partial charge in [0.2, 0.25) is 11.8 Å². The van der Waals surface area contributed by atoms with Gasteiger partial charge < -0.3 is 40.2 Å². The van der Waals surface area contributed by atoms with Gasteiger partial charge in [0.25, 0.3) is 11.8 Å². The highest BCUT2D eigenvalue weighted by atomic mass is 32.7. The predicted molar refractivity (Wildman–Crippen MR) is 293 cm³/mol. The Labute approximate surface area is 483 Å². The van der Waals surface area contributed by atoms with E-state index >= 15 is 8.78 Å². The number of hydrogen-bond acceptors (Lipinski definition) is 23. The van der Waals surface area contributed by atoms with Crippen LogP contribution in [-0.4, -0.2) is 167 Å². The number of halogens is 2. The van der Waals surface area contributed by atoms with Crippen molar-refractivity contribution in [2.75, 3.05) is 56.3 Å². The third-order valence-electron chi connectivity index (χ3n) is 13.3. The second-order valence-electron chi connectivity index (χ2n) is 19.0. The van der Waals surface area contributed by atoms with Gasteiger partial charge in [0.15, 0.2) is 53.2 Å². The number of imide groups is 1. The Kier molecular flexibility index (Phi) is 18.0. The van der Waals surface area contributed by atoms with Crippen molar-refractivity contribution in [3.8, 4) is 0 Å². The van der Waals surface area contributed by atoms with E-state index in [1.807, 2.05) is 6.07 Å². The summed E-state index contributed by atoms with van der Waals surface area (Å²) in [6, 6.07) is 14.4. The maximum Gasteiger partial charge on any atom is 0.412 e. The van der Waals surface area contributed by atoms with E-state index in [0.717, 1.165) is 51.1 Å². The topological polar surface area (TPSA) is 366 Å². The monoisotopic (exact) mass is 1240 g/mol. The average molecular weight is 1240 g/mol. The molecule has 36 heteroatoms. The van der Waals surface area contributed by atoms with Crippen molar-refractivity contribution in [1.82, 2.24) is 54.2 Å². The first-order chi connectivity index (χ1) is 40.2. The fraction of sp³-hybridized carbons (Fsp3) is 0.375. The van der Waals surface area contributed by atoms with Crippen LogP contribution in [0.15, 0.2) is 92.1 Å². The number of amides is 6. The second kappa shape index (κ2) is 25.4. The minimum atomic E-state index is -4.56. The lowest BCUT2D eigenvalue weighted by atomic mass is 10.0. The van der Waals surface area contributed by atoms with Gasteiger partial charge in [-0.3, -0.25) is 56.6 Å². The molecule has 0 saturated carbocycles. The van der Waals surface area contributed by atoms with Crippen molar-refractivity contribution < 1.29 is 83.7 Å². The number of nitrogen functional groups attached to an aromatic ring is 1. The van der Waals surface area contributed by atoms with E-state index in [9.17, 15) is 37.9 Å². The van der Waals surface area contributed by atoms with Gasteiger partial charge in [-0.05, 0) is 23.3 Å². The van der Waals surface area contributed by atoms with Gasteiger partial charge in [-0.15, -0.1) is 0 Å². The summed E-state index contributed by atoms with van der Waals surface area (Å²) in [5.74, 6) is -2.30. The summed E-state index contributed by atoms with van der Waals surface area (Å²) in [6.07, 6.45) is -9.12. The highest BCUT2D eigenvalue weighted by Crippen LogP contribution is 2.60. The summed E-state index contributed by atoms with van der Waals surface area (Å²) in [5, 5.41) is 7.88. The number of aromatic nitrogens is 8. The fourth-order valence-corrected chi connectivity index (χ4v) is 12.1. The second-order valence-corrected chi connectivity index (χ2v) is 24.7. The van der Waals surface area contributed by atoms with Crippen LogP contribution in [0, 0.1) is 0 Å². The number of anilines is 3. The summed E-state index contributed by atoms with van der Waals surface area (Å²) in [6.45, 7) is -11.4. The van der Waals surface area contributed by atoms with E-state index in [-0.39, 0.29) is 73.1 Å². The number of likely N-dealkylation sites (N-methyl/N-ethyl adjacent to an activating group) is 1. The number of imidazole rings is 2. The Hall–Kier alpha value is -7.52. The van der Waals surface area contributed by atoms with Crippen LogP contribution in [0.4, 0.5) is 35.7 Å². The maximum atomic E-state index is 16.6. The van der Waals surface area contributed by atoms with Crippen LogP contribution in [0.3, 0.4) is 0 Å². The number of fused-ring (bicyclic) bond motifs is 4. The number of benzene rings is 2. The number of nitrogens with one attached hydrogen (secondary N) is 3. The van der Waals surface area contributed by atoms with Crippen molar-refractivity contribution in [3.63, 3.8) is 0 Å². The molecule has 3 saturated heterocycles. The van der Waals surface area contributed by atoms with Crippen LogP contribution in [0.2, 0.25) is 0 Å². The number of alkyl halides is 2. The Morgan fingerprint density at radius 1 is 0.774 bits per heavy atom. The van der Waals surface area contributed by atoms with E-state index in [1.165, 1.54) is 17.9 Å². The molecule has 4 aliphatic heterocycles. The normalized spacial score (nSPS) is 26.4. The number of hydrogen-bond donors (Lipinski definition) is 6. The molecule has 6 aromatic rings. The SMILES string of the molecule is CN(CCOC(=O)Nc1ncnc2c1ncn2[C@@H]1O[C@@H]2CO[P@@](=O)(S)O[C@H]3[C@@H](F)[C@H](n4cnc5c(N)ncnc54)O[C@@H]3CO[P@@](=O)(S)O[C@H]2[C@H]1F)C(=O)OCc1ccc(NC(=O)[C@@H](Cc2ccccc2)NC(=O)CCN2C(=O)C=CC2=O)cc1. The van der Waals surface area contributed by atoms with Crippen molar-refractivity contribution in [1.29, 1.82) is 0 Å². The van der Waals surface area contributed by atoms with E-state index in [0.29, 0.717) is 11.3 Å². The molecule has 3 fully saturated rings. The number of thiol groups is 2. The van der Waals surface area contributed by atoms with Gasteiger partial charge in [0.05, 0.1) is 32.4 Å². The molecule has 2 aromatic carbocycles. The fourth-order valence-electron chi connectivity index (χ4n) is 9.10. The summed E-state index contributed by atoms with van der Waals surface area (Å²) in [7, 11) is 1.41. The number of nitrogens with two attached hydrogens (primary N) is 1. The maximum absolute atomic E-state index is 16.6. The van der Waals surface area contributed by atoms with Crippen molar-refractivity contribution >= 4 is 114 Å². The number of nitrogens with zero attached hydrogens (tertiary/aromatic N) is 10. The lowest BCUT2D eigenvalue weighted by Gasteiger charge is -2.28. The summed E-state index contributed by atoms with van der Waals surface area (Å²) in [5.41, 5.74) is 7.68. The van der Waals surface area contributed by atoms with E-state index < -0.39 is 118 Å². The predicted octanol–water partition coefficient (Wildman–Crippen LogP) is 4.41. The lowest BCUT2D eigenvalue weighted by Crippen LogP contribution is -2.46. The highest BCUT2D eigenvalue weighted by Gasteiger charge is 2.54. The first-order valence-corrected chi connectivity index (χ1v) is 30.7. The molecule has 0 aliphatic carbocycles. The molecule has 0 spiro atoms. The van der Waals surface area contributed by atoms with E-state index in [4.69, 9.17) is 42.8 Å². The molecule has 4 aromatic heterocycles. The largest absolute Gasteiger partial charge is 0.447 e. The quantitative estimate of drug-likeness (QED) is 0.0444. The third kappa shape index (κ3) is 13.7. The molecular formula is C48H50F2N14O16P2S2. The molecule has 10 rings (SSSR count). The molecular weight excluding hydrogens is 1190 g/mol. The lowest BCUT2D eigenvalue weighted by molar-refractivity contribution is -0.137. The zero-order valence-electron chi connectivity index (χ0n) is 43.6. The summed E-state index contributed by atoms with van der Waals surface area (Å²) in [4.78, 5) is 103. The molecule has 4 aliphatic rings. The smallest absolute Gasteiger partial charge is 0.412 e. The van der Waals surface area contributed by atoms with Crippen molar-refractivity contribution in [2.24, 2.45) is 0 Å². The Balaban J connectivity index is 0.694. The molecule has 84 heavy (non-hydrogen) atoms. The van der Waals surface area contributed by atoms with Gasteiger partial charge >= 0.3 is 25.8 Å². The minimum absolute atomic E-state index is 0.00849. The summed E-state index contributed by atoms with van der Waals surface area (Å²) < 4.78 is 107. The third-order valence-corrected chi connectivity index (χ3v) is 16.5. The molecule has 5 N–H and O–H groups in total.